The molecule has 2 amide bonds. The van der Waals surface area contributed by atoms with Crippen molar-refractivity contribution in [2.24, 2.45) is 5.41 Å². The van der Waals surface area contributed by atoms with Crippen LogP contribution in [0.3, 0.4) is 0 Å². The summed E-state index contributed by atoms with van der Waals surface area (Å²) in [6.45, 7) is 7.97. The van der Waals surface area contributed by atoms with Gasteiger partial charge in [0, 0.05) is 6.54 Å². The monoisotopic (exact) mass is 255 g/mol. The summed E-state index contributed by atoms with van der Waals surface area (Å²) in [5, 5.41) is 8.83. The minimum absolute atomic E-state index is 0.0188. The molecule has 1 aliphatic rings. The number of nitrogens with one attached hydrogen (secondary N) is 3. The highest BCUT2D eigenvalue weighted by molar-refractivity contribution is 5.89. The van der Waals surface area contributed by atoms with E-state index in [1.54, 1.807) is 6.92 Å². The van der Waals surface area contributed by atoms with Crippen LogP contribution in [-0.4, -0.2) is 37.5 Å². The topological polar surface area (TPSA) is 70.2 Å². The Kier molecular flexibility index (Phi) is 5.59. The summed E-state index contributed by atoms with van der Waals surface area (Å²) in [6, 6.07) is -0.462. The highest BCUT2D eigenvalue weighted by Crippen LogP contribution is 2.32. The summed E-state index contributed by atoms with van der Waals surface area (Å²) < 4.78 is 0. The lowest BCUT2D eigenvalue weighted by atomic mass is 9.75. The standard InChI is InChI=1S/C13H25N3O2/c1-4-13(6-8-14-9-7-13)12(18)16-10(3)11(17)15-5-2/h10,14H,4-9H2,1-3H3,(H,15,17)(H,16,18). The average molecular weight is 255 g/mol. The summed E-state index contributed by atoms with van der Waals surface area (Å²) in [5.41, 5.74) is -0.300. The van der Waals surface area contributed by atoms with Gasteiger partial charge in [-0.3, -0.25) is 9.59 Å². The maximum atomic E-state index is 12.4. The van der Waals surface area contributed by atoms with E-state index in [-0.39, 0.29) is 17.2 Å². The van der Waals surface area contributed by atoms with Crippen molar-refractivity contribution in [2.45, 2.75) is 46.1 Å². The van der Waals surface area contributed by atoms with Gasteiger partial charge in [0.15, 0.2) is 0 Å². The van der Waals surface area contributed by atoms with Crippen molar-refractivity contribution < 1.29 is 9.59 Å². The number of amides is 2. The molecule has 1 heterocycles. The fourth-order valence-electron chi connectivity index (χ4n) is 2.39. The van der Waals surface area contributed by atoms with Gasteiger partial charge in [-0.1, -0.05) is 6.92 Å². The van der Waals surface area contributed by atoms with E-state index < -0.39 is 6.04 Å². The third-order valence-corrected chi connectivity index (χ3v) is 3.81. The van der Waals surface area contributed by atoms with Gasteiger partial charge in [0.25, 0.3) is 0 Å². The molecule has 1 rings (SSSR count). The third-order valence-electron chi connectivity index (χ3n) is 3.81. The number of likely N-dealkylation sites (N-methyl/N-ethyl adjacent to an activating group) is 1. The zero-order valence-electron chi connectivity index (χ0n) is 11.6. The first-order valence-corrected chi connectivity index (χ1v) is 6.85. The lowest BCUT2D eigenvalue weighted by Gasteiger charge is -2.36. The van der Waals surface area contributed by atoms with Crippen LogP contribution < -0.4 is 16.0 Å². The molecule has 5 heteroatoms. The van der Waals surface area contributed by atoms with E-state index in [0.717, 1.165) is 32.4 Å². The van der Waals surface area contributed by atoms with Crippen LogP contribution in [0.4, 0.5) is 0 Å². The van der Waals surface area contributed by atoms with E-state index in [1.165, 1.54) is 0 Å². The van der Waals surface area contributed by atoms with Gasteiger partial charge >= 0.3 is 0 Å². The van der Waals surface area contributed by atoms with Crippen LogP contribution in [0.1, 0.15) is 40.0 Å². The molecule has 1 aliphatic heterocycles. The molecule has 0 aromatic rings. The van der Waals surface area contributed by atoms with Crippen LogP contribution in [0, 0.1) is 5.41 Å². The van der Waals surface area contributed by atoms with Gasteiger partial charge < -0.3 is 16.0 Å². The number of hydrogen-bond acceptors (Lipinski definition) is 3. The molecule has 3 N–H and O–H groups in total. The fourth-order valence-corrected chi connectivity index (χ4v) is 2.39. The van der Waals surface area contributed by atoms with Crippen LogP contribution in [0.2, 0.25) is 0 Å². The van der Waals surface area contributed by atoms with Gasteiger partial charge in [0.2, 0.25) is 11.8 Å². The first-order chi connectivity index (χ1) is 8.55. The first-order valence-electron chi connectivity index (χ1n) is 6.85. The zero-order chi connectivity index (χ0) is 13.6. The minimum atomic E-state index is -0.462. The lowest BCUT2D eigenvalue weighted by molar-refractivity contribution is -0.136. The molecule has 0 spiro atoms. The second-order valence-electron chi connectivity index (χ2n) is 4.97. The summed E-state index contributed by atoms with van der Waals surface area (Å²) >= 11 is 0. The highest BCUT2D eigenvalue weighted by Gasteiger charge is 2.38. The van der Waals surface area contributed by atoms with Gasteiger partial charge in [-0.15, -0.1) is 0 Å². The predicted octanol–water partition coefficient (Wildman–Crippen LogP) is 0.407. The van der Waals surface area contributed by atoms with Crippen LogP contribution >= 0.6 is 0 Å². The maximum Gasteiger partial charge on any atom is 0.242 e. The van der Waals surface area contributed by atoms with Crippen molar-refractivity contribution in [3.05, 3.63) is 0 Å². The quantitative estimate of drug-likeness (QED) is 0.666. The molecule has 1 saturated heterocycles. The van der Waals surface area contributed by atoms with E-state index in [4.69, 9.17) is 0 Å². The molecule has 0 saturated carbocycles. The Bertz CT molecular complexity index is 299. The van der Waals surface area contributed by atoms with E-state index >= 15 is 0 Å². The van der Waals surface area contributed by atoms with E-state index in [9.17, 15) is 9.59 Å². The number of hydrogen-bond donors (Lipinski definition) is 3. The smallest absolute Gasteiger partial charge is 0.242 e. The van der Waals surface area contributed by atoms with Crippen molar-refractivity contribution in [2.75, 3.05) is 19.6 Å². The van der Waals surface area contributed by atoms with Crippen molar-refractivity contribution >= 4 is 11.8 Å². The maximum absolute atomic E-state index is 12.4. The third kappa shape index (κ3) is 3.45. The number of piperidine rings is 1. The zero-order valence-corrected chi connectivity index (χ0v) is 11.6. The molecule has 1 unspecified atom stereocenters. The Morgan fingerprint density at radius 3 is 2.39 bits per heavy atom. The lowest BCUT2D eigenvalue weighted by Crippen LogP contribution is -2.52. The number of carbonyl (C=O) groups excluding carboxylic acids is 2. The van der Waals surface area contributed by atoms with E-state index in [1.807, 2.05) is 13.8 Å². The minimum Gasteiger partial charge on any atom is -0.355 e. The molecule has 0 aromatic heterocycles. The van der Waals surface area contributed by atoms with Gasteiger partial charge in [-0.2, -0.15) is 0 Å². The summed E-state index contributed by atoms with van der Waals surface area (Å²) in [5.74, 6) is -0.101. The molecule has 0 radical (unpaired) electrons. The second-order valence-corrected chi connectivity index (χ2v) is 4.97. The molecule has 0 aliphatic carbocycles. The Labute approximate surface area is 109 Å². The molecule has 0 bridgehead atoms. The second kappa shape index (κ2) is 6.73. The average Bonchev–Trinajstić information content (AvgIpc) is 2.39. The Hall–Kier alpha value is -1.10. The molecule has 18 heavy (non-hydrogen) atoms. The van der Waals surface area contributed by atoms with Crippen molar-refractivity contribution in [1.29, 1.82) is 0 Å². The van der Waals surface area contributed by atoms with Crippen LogP contribution in [0.15, 0.2) is 0 Å². The van der Waals surface area contributed by atoms with Gasteiger partial charge in [-0.05, 0) is 46.2 Å². The Morgan fingerprint density at radius 2 is 1.89 bits per heavy atom. The summed E-state index contributed by atoms with van der Waals surface area (Å²) in [4.78, 5) is 24.0. The normalized spacial score (nSPS) is 19.9. The van der Waals surface area contributed by atoms with Crippen molar-refractivity contribution in [1.82, 2.24) is 16.0 Å². The van der Waals surface area contributed by atoms with Gasteiger partial charge in [0.1, 0.15) is 6.04 Å². The molecule has 1 atom stereocenters. The first kappa shape index (κ1) is 15.0. The predicted molar refractivity (Wildman–Crippen MR) is 71.1 cm³/mol. The molecule has 5 nitrogen and oxygen atoms in total. The van der Waals surface area contributed by atoms with E-state index in [0.29, 0.717) is 6.54 Å². The Balaban J connectivity index is 2.59. The van der Waals surface area contributed by atoms with E-state index in [2.05, 4.69) is 16.0 Å². The number of carbonyl (C=O) groups is 2. The molecule has 0 aromatic carbocycles. The molecular formula is C13H25N3O2. The highest BCUT2D eigenvalue weighted by atomic mass is 16.2. The van der Waals surface area contributed by atoms with Crippen LogP contribution in [0.5, 0.6) is 0 Å². The van der Waals surface area contributed by atoms with Crippen LogP contribution in [-0.2, 0) is 9.59 Å². The molecular weight excluding hydrogens is 230 g/mol. The molecule has 104 valence electrons. The van der Waals surface area contributed by atoms with Crippen LogP contribution in [0.25, 0.3) is 0 Å². The fraction of sp³-hybridized carbons (Fsp3) is 0.846. The summed E-state index contributed by atoms with van der Waals surface area (Å²) in [7, 11) is 0. The molecule has 1 fully saturated rings. The SMILES string of the molecule is CCNC(=O)C(C)NC(=O)C1(CC)CCNCC1. The van der Waals surface area contributed by atoms with Gasteiger partial charge in [-0.25, -0.2) is 0 Å². The number of rotatable bonds is 5. The Morgan fingerprint density at radius 1 is 1.28 bits per heavy atom. The summed E-state index contributed by atoms with van der Waals surface area (Å²) in [6.07, 6.45) is 2.51. The largest absolute Gasteiger partial charge is 0.355 e. The van der Waals surface area contributed by atoms with Gasteiger partial charge in [0.05, 0.1) is 5.41 Å². The van der Waals surface area contributed by atoms with Crippen molar-refractivity contribution in [3.8, 4) is 0 Å². The van der Waals surface area contributed by atoms with Crippen molar-refractivity contribution in [3.63, 3.8) is 0 Å².